The summed E-state index contributed by atoms with van der Waals surface area (Å²) in [6.45, 7) is 3.93. The Balaban J connectivity index is 3.36. The Morgan fingerprint density at radius 3 is 2.23 bits per heavy atom. The topological polar surface area (TPSA) is 0 Å². The van der Waals surface area contributed by atoms with Crippen LogP contribution in [0.2, 0.25) is 0 Å². The molecule has 0 saturated heterocycles. The van der Waals surface area contributed by atoms with Gasteiger partial charge in [0.05, 0.1) is 0 Å². The molecule has 0 bridgehead atoms. The van der Waals surface area contributed by atoms with Crippen molar-refractivity contribution in [3.63, 3.8) is 0 Å². The molecule has 80 valence electrons. The average Bonchev–Trinajstić information content (AvgIpc) is 1.95. The zero-order valence-corrected chi connectivity index (χ0v) is 9.27. The van der Waals surface area contributed by atoms with Crippen LogP contribution in [0.3, 0.4) is 0 Å². The fourth-order valence-corrected chi connectivity index (χ4v) is 1.50. The second kappa shape index (κ2) is 6.02. The van der Waals surface area contributed by atoms with E-state index in [4.69, 9.17) is 11.6 Å². The molecule has 0 rings (SSSR count). The van der Waals surface area contributed by atoms with Crippen molar-refractivity contribution in [3.05, 3.63) is 0 Å². The standard InChI is InChI=1S/C8H14ClF3S/c1-6(2)7(9)4-3-5-13-8(10,11)12/h6-7H,3-5H2,1-2H3. The molecule has 13 heavy (non-hydrogen) atoms. The predicted molar refractivity (Wildman–Crippen MR) is 52.2 cm³/mol. The fourth-order valence-electron chi connectivity index (χ4n) is 0.800. The molecular formula is C8H14ClF3S. The monoisotopic (exact) mass is 234 g/mol. The summed E-state index contributed by atoms with van der Waals surface area (Å²) in [6, 6.07) is 0. The van der Waals surface area contributed by atoms with E-state index < -0.39 is 5.51 Å². The lowest BCUT2D eigenvalue weighted by molar-refractivity contribution is -0.0328. The number of alkyl halides is 4. The summed E-state index contributed by atoms with van der Waals surface area (Å²) in [6.07, 6.45) is 1.18. The van der Waals surface area contributed by atoms with Gasteiger partial charge in [-0.2, -0.15) is 13.2 Å². The third kappa shape index (κ3) is 8.75. The Kier molecular flexibility index (Phi) is 6.21. The molecule has 0 nitrogen and oxygen atoms in total. The van der Waals surface area contributed by atoms with Gasteiger partial charge in [-0.05, 0) is 18.8 Å². The minimum atomic E-state index is -4.10. The second-order valence-electron chi connectivity index (χ2n) is 3.20. The van der Waals surface area contributed by atoms with Crippen LogP contribution in [0.4, 0.5) is 13.2 Å². The third-order valence-corrected chi connectivity index (χ3v) is 3.16. The van der Waals surface area contributed by atoms with Crippen molar-refractivity contribution >= 4 is 23.4 Å². The highest BCUT2D eigenvalue weighted by Crippen LogP contribution is 2.31. The summed E-state index contributed by atoms with van der Waals surface area (Å²) in [5.74, 6) is 0.442. The lowest BCUT2D eigenvalue weighted by atomic mass is 10.1. The highest BCUT2D eigenvalue weighted by Gasteiger charge is 2.27. The second-order valence-corrected chi connectivity index (χ2v) is 4.92. The van der Waals surface area contributed by atoms with Crippen LogP contribution in [0.25, 0.3) is 0 Å². The van der Waals surface area contributed by atoms with Crippen LogP contribution in [0.15, 0.2) is 0 Å². The maximum atomic E-state index is 11.7. The van der Waals surface area contributed by atoms with Gasteiger partial charge in [0.1, 0.15) is 0 Å². The first-order valence-electron chi connectivity index (χ1n) is 4.17. The van der Waals surface area contributed by atoms with Gasteiger partial charge in [-0.1, -0.05) is 25.6 Å². The van der Waals surface area contributed by atoms with Crippen LogP contribution in [-0.2, 0) is 0 Å². The molecule has 0 spiro atoms. The minimum absolute atomic E-state index is 0.00571. The SMILES string of the molecule is CC(C)C(Cl)CCCSC(F)(F)F. The van der Waals surface area contributed by atoms with Crippen LogP contribution >= 0.6 is 23.4 Å². The molecule has 0 radical (unpaired) electrons. The maximum absolute atomic E-state index is 11.7. The molecule has 0 amide bonds. The Labute approximate surface area is 86.2 Å². The zero-order chi connectivity index (χ0) is 10.5. The lowest BCUT2D eigenvalue weighted by Gasteiger charge is -2.12. The normalized spacial score (nSPS) is 15.0. The van der Waals surface area contributed by atoms with E-state index in [0.29, 0.717) is 18.8 Å². The van der Waals surface area contributed by atoms with Gasteiger partial charge in [0, 0.05) is 11.1 Å². The molecular weight excluding hydrogens is 221 g/mol. The quantitative estimate of drug-likeness (QED) is 0.505. The first-order chi connectivity index (χ1) is 5.83. The summed E-state index contributed by atoms with van der Waals surface area (Å²) < 4.78 is 35.0. The molecule has 0 aliphatic carbocycles. The van der Waals surface area contributed by atoms with Crippen molar-refractivity contribution in [2.75, 3.05) is 5.75 Å². The summed E-state index contributed by atoms with van der Waals surface area (Å²) >= 11 is 5.90. The van der Waals surface area contributed by atoms with Crippen molar-refractivity contribution in [2.45, 2.75) is 37.6 Å². The highest BCUT2D eigenvalue weighted by atomic mass is 35.5. The highest BCUT2D eigenvalue weighted by molar-refractivity contribution is 8.00. The van der Waals surface area contributed by atoms with E-state index in [1.165, 1.54) is 0 Å². The molecule has 0 saturated carbocycles. The van der Waals surface area contributed by atoms with E-state index >= 15 is 0 Å². The molecule has 5 heteroatoms. The Morgan fingerprint density at radius 2 is 1.85 bits per heavy atom. The van der Waals surface area contributed by atoms with E-state index in [1.54, 1.807) is 0 Å². The van der Waals surface area contributed by atoms with Gasteiger partial charge in [0.25, 0.3) is 0 Å². The molecule has 0 aromatic carbocycles. The van der Waals surface area contributed by atoms with Gasteiger partial charge in [0.15, 0.2) is 0 Å². The van der Waals surface area contributed by atoms with Gasteiger partial charge in [-0.25, -0.2) is 0 Å². The molecule has 1 atom stereocenters. The molecule has 1 unspecified atom stereocenters. The van der Waals surface area contributed by atoms with Crippen LogP contribution in [0.1, 0.15) is 26.7 Å². The molecule has 0 heterocycles. The summed E-state index contributed by atoms with van der Waals surface area (Å²) in [5.41, 5.74) is -4.10. The summed E-state index contributed by atoms with van der Waals surface area (Å²) in [7, 11) is 0. The van der Waals surface area contributed by atoms with E-state index in [2.05, 4.69) is 0 Å². The number of thioether (sulfide) groups is 1. The number of halogens is 4. The zero-order valence-electron chi connectivity index (χ0n) is 7.70. The molecule has 0 N–H and O–H groups in total. The Hall–Kier alpha value is 0.430. The smallest absolute Gasteiger partial charge is 0.160 e. The van der Waals surface area contributed by atoms with E-state index in [-0.39, 0.29) is 22.9 Å². The number of hydrogen-bond acceptors (Lipinski definition) is 1. The molecule has 0 aromatic rings. The Morgan fingerprint density at radius 1 is 1.31 bits per heavy atom. The third-order valence-electron chi connectivity index (χ3n) is 1.61. The maximum Gasteiger partial charge on any atom is 0.441 e. The van der Waals surface area contributed by atoms with E-state index in [1.807, 2.05) is 13.8 Å². The van der Waals surface area contributed by atoms with Crippen molar-refractivity contribution in [3.8, 4) is 0 Å². The molecule has 0 aliphatic rings. The first kappa shape index (κ1) is 13.4. The summed E-state index contributed by atoms with van der Waals surface area (Å²) in [5, 5.41) is -0.00571. The number of hydrogen-bond donors (Lipinski definition) is 0. The van der Waals surface area contributed by atoms with Gasteiger partial charge in [-0.3, -0.25) is 0 Å². The van der Waals surface area contributed by atoms with Crippen LogP contribution in [-0.4, -0.2) is 16.6 Å². The average molecular weight is 235 g/mol. The summed E-state index contributed by atoms with van der Waals surface area (Å²) in [4.78, 5) is 0. The van der Waals surface area contributed by atoms with Crippen LogP contribution < -0.4 is 0 Å². The molecule has 0 aromatic heterocycles. The van der Waals surface area contributed by atoms with Crippen molar-refractivity contribution < 1.29 is 13.2 Å². The largest absolute Gasteiger partial charge is 0.441 e. The van der Waals surface area contributed by atoms with Crippen molar-refractivity contribution in [1.82, 2.24) is 0 Å². The molecule has 0 aliphatic heterocycles. The number of rotatable bonds is 5. The van der Waals surface area contributed by atoms with E-state index in [9.17, 15) is 13.2 Å². The minimum Gasteiger partial charge on any atom is -0.160 e. The first-order valence-corrected chi connectivity index (χ1v) is 5.60. The molecule has 0 fully saturated rings. The fraction of sp³-hybridized carbons (Fsp3) is 1.00. The van der Waals surface area contributed by atoms with E-state index in [0.717, 1.165) is 0 Å². The van der Waals surface area contributed by atoms with Gasteiger partial charge < -0.3 is 0 Å². The Bertz CT molecular complexity index is 136. The van der Waals surface area contributed by atoms with Crippen LogP contribution in [0, 0.1) is 5.92 Å². The predicted octanol–water partition coefficient (Wildman–Crippen LogP) is 4.28. The van der Waals surface area contributed by atoms with Gasteiger partial charge >= 0.3 is 5.51 Å². The van der Waals surface area contributed by atoms with Gasteiger partial charge in [0.2, 0.25) is 0 Å². The van der Waals surface area contributed by atoms with Crippen LogP contribution in [0.5, 0.6) is 0 Å². The van der Waals surface area contributed by atoms with Crippen molar-refractivity contribution in [1.29, 1.82) is 0 Å². The van der Waals surface area contributed by atoms with Crippen molar-refractivity contribution in [2.24, 2.45) is 5.92 Å². The van der Waals surface area contributed by atoms with Gasteiger partial charge in [-0.15, -0.1) is 11.6 Å². The lowest BCUT2D eigenvalue weighted by Crippen LogP contribution is -2.08.